The molecule has 0 aliphatic carbocycles. The number of aromatic amines is 1. The van der Waals surface area contributed by atoms with Crippen molar-refractivity contribution in [2.45, 2.75) is 78.7 Å². The second-order valence-electron chi connectivity index (χ2n) is 11.6. The lowest BCUT2D eigenvalue weighted by Crippen LogP contribution is -2.55. The molecule has 0 radical (unpaired) electrons. The Labute approximate surface area is 223 Å². The fourth-order valence-electron chi connectivity index (χ4n) is 5.78. The van der Waals surface area contributed by atoms with Crippen LogP contribution in [0.5, 0.6) is 0 Å². The van der Waals surface area contributed by atoms with Gasteiger partial charge in [0.2, 0.25) is 0 Å². The van der Waals surface area contributed by atoms with Gasteiger partial charge in [0, 0.05) is 29.5 Å². The number of carbonyl (C=O) groups excluding carboxylic acids is 1. The summed E-state index contributed by atoms with van der Waals surface area (Å²) < 4.78 is 11.5. The lowest BCUT2D eigenvalue weighted by molar-refractivity contribution is 0.0434. The van der Waals surface area contributed by atoms with Crippen molar-refractivity contribution < 1.29 is 19.4 Å². The highest BCUT2D eigenvalue weighted by Crippen LogP contribution is 2.43. The quantitative estimate of drug-likeness (QED) is 0.469. The van der Waals surface area contributed by atoms with Gasteiger partial charge in [-0.2, -0.15) is 5.10 Å². The second-order valence-corrected chi connectivity index (χ2v) is 11.6. The van der Waals surface area contributed by atoms with Crippen molar-refractivity contribution in [1.29, 1.82) is 0 Å². The van der Waals surface area contributed by atoms with Gasteiger partial charge in [0.1, 0.15) is 11.3 Å². The van der Waals surface area contributed by atoms with Crippen molar-refractivity contribution >= 4 is 22.8 Å². The highest BCUT2D eigenvalue weighted by atomic mass is 16.6. The maximum absolute atomic E-state index is 12.6. The Morgan fingerprint density at radius 2 is 1.97 bits per heavy atom. The largest absolute Gasteiger partial charge is 0.444 e. The van der Waals surface area contributed by atoms with Crippen molar-refractivity contribution in [1.82, 2.24) is 25.5 Å². The fourth-order valence-corrected chi connectivity index (χ4v) is 5.78. The third-order valence-corrected chi connectivity index (χ3v) is 7.79. The number of benzene rings is 1. The molecule has 1 amide bonds. The molecule has 2 fully saturated rings. The lowest BCUT2D eigenvalue weighted by atomic mass is 9.73. The smallest absolute Gasteiger partial charge is 0.407 e. The van der Waals surface area contributed by atoms with Crippen molar-refractivity contribution in [2.75, 3.05) is 24.6 Å². The van der Waals surface area contributed by atoms with Crippen molar-refractivity contribution in [3.05, 3.63) is 35.3 Å². The van der Waals surface area contributed by atoms with Gasteiger partial charge >= 0.3 is 6.09 Å². The van der Waals surface area contributed by atoms with Gasteiger partial charge in [-0.3, -0.25) is 5.10 Å². The number of nitrogens with zero attached hydrogens (tertiary/aromatic N) is 4. The summed E-state index contributed by atoms with van der Waals surface area (Å²) in [5.41, 5.74) is 4.20. The van der Waals surface area contributed by atoms with Crippen LogP contribution in [0.3, 0.4) is 0 Å². The molecule has 10 heteroatoms. The van der Waals surface area contributed by atoms with E-state index < -0.39 is 11.7 Å². The number of hydrogen-bond donors (Lipinski definition) is 3. The molecule has 3 N–H and O–H groups in total. The first kappa shape index (κ1) is 26.4. The van der Waals surface area contributed by atoms with Crippen LogP contribution in [0.1, 0.15) is 57.6 Å². The summed E-state index contributed by atoms with van der Waals surface area (Å²) in [5, 5.41) is 21.7. The molecule has 0 saturated carbocycles. The van der Waals surface area contributed by atoms with Crippen molar-refractivity contribution in [2.24, 2.45) is 5.41 Å². The normalized spacial score (nSPS) is 21.3. The number of alkyl carbamates (subject to hydrolysis) is 1. The molecule has 0 unspecified atom stereocenters. The van der Waals surface area contributed by atoms with E-state index in [2.05, 4.69) is 20.4 Å². The van der Waals surface area contributed by atoms with Crippen LogP contribution >= 0.6 is 0 Å². The molecule has 10 nitrogen and oxygen atoms in total. The Morgan fingerprint density at radius 1 is 1.24 bits per heavy atom. The summed E-state index contributed by atoms with van der Waals surface area (Å²) in [6, 6.07) is 5.95. The first-order valence-corrected chi connectivity index (χ1v) is 13.3. The second kappa shape index (κ2) is 9.81. The molecule has 4 heterocycles. The molecule has 1 spiro atoms. The van der Waals surface area contributed by atoms with E-state index in [1.807, 2.05) is 59.7 Å². The Balaban J connectivity index is 1.35. The van der Waals surface area contributed by atoms with Crippen molar-refractivity contribution in [3.8, 4) is 11.3 Å². The number of H-pyrrole nitrogens is 1. The number of aromatic nitrogens is 4. The maximum Gasteiger partial charge on any atom is 0.407 e. The molecule has 2 aliphatic rings. The number of hydrogen-bond acceptors (Lipinski definition) is 8. The standard InChI is InChI=1S/C28H38N6O4/c1-16-20-8-7-19(13-21(20)33-32-16)23-17(2)29-25(22(14-35)30-23)34-11-9-28(10-12-34)15-37-18(3)24(28)31-26(36)38-27(4,5)6/h7-8,13,18,24,35H,9-12,14-15H2,1-6H3,(H,31,36)(H,32,33)/t18-,24+/m0/s1. The van der Waals surface area contributed by atoms with Gasteiger partial charge in [0.15, 0.2) is 5.82 Å². The highest BCUT2D eigenvalue weighted by molar-refractivity contribution is 5.86. The van der Waals surface area contributed by atoms with E-state index in [0.717, 1.165) is 59.5 Å². The lowest BCUT2D eigenvalue weighted by Gasteiger charge is -2.43. The van der Waals surface area contributed by atoms with E-state index >= 15 is 0 Å². The average molecular weight is 523 g/mol. The average Bonchev–Trinajstić information content (AvgIpc) is 3.38. The van der Waals surface area contributed by atoms with Crippen LogP contribution in [0.25, 0.3) is 22.2 Å². The Morgan fingerprint density at radius 3 is 2.66 bits per heavy atom. The van der Waals surface area contributed by atoms with Gasteiger partial charge in [0.25, 0.3) is 0 Å². The molecule has 2 atom stereocenters. The van der Waals surface area contributed by atoms with Gasteiger partial charge in [-0.15, -0.1) is 0 Å². The summed E-state index contributed by atoms with van der Waals surface area (Å²) in [6.45, 7) is 13.3. The zero-order valence-electron chi connectivity index (χ0n) is 23.1. The minimum atomic E-state index is -0.560. The minimum absolute atomic E-state index is 0.0978. The van der Waals surface area contributed by atoms with E-state index in [9.17, 15) is 9.90 Å². The summed E-state index contributed by atoms with van der Waals surface area (Å²) in [7, 11) is 0. The van der Waals surface area contributed by atoms with Crippen LogP contribution in [0, 0.1) is 19.3 Å². The third kappa shape index (κ3) is 4.94. The molecular weight excluding hydrogens is 484 g/mol. The first-order valence-electron chi connectivity index (χ1n) is 13.3. The SMILES string of the molecule is Cc1nc(N2CCC3(CC2)CO[C@@H](C)[C@H]3NC(=O)OC(C)(C)C)c(CO)nc1-c1ccc2c(C)n[nH]c2c1. The van der Waals surface area contributed by atoms with Crippen LogP contribution < -0.4 is 10.2 Å². The topological polar surface area (TPSA) is 125 Å². The zero-order chi connectivity index (χ0) is 27.2. The monoisotopic (exact) mass is 522 g/mol. The molecule has 204 valence electrons. The van der Waals surface area contributed by atoms with Gasteiger partial charge in [0.05, 0.1) is 48.0 Å². The number of ether oxygens (including phenoxy) is 2. The maximum atomic E-state index is 12.6. The summed E-state index contributed by atoms with van der Waals surface area (Å²) in [4.78, 5) is 24.5. The predicted octanol–water partition coefficient (Wildman–Crippen LogP) is 4.03. The molecule has 5 rings (SSSR count). The Bertz CT molecular complexity index is 1340. The van der Waals surface area contributed by atoms with Gasteiger partial charge in [-0.05, 0) is 60.5 Å². The Kier molecular flexibility index (Phi) is 6.81. The molecule has 0 bridgehead atoms. The number of anilines is 1. The van der Waals surface area contributed by atoms with E-state index in [0.29, 0.717) is 18.1 Å². The fraction of sp³-hybridized carbons (Fsp3) is 0.571. The van der Waals surface area contributed by atoms with E-state index in [1.165, 1.54) is 0 Å². The number of aliphatic hydroxyl groups excluding tert-OH is 1. The number of piperidine rings is 1. The third-order valence-electron chi connectivity index (χ3n) is 7.79. The van der Waals surface area contributed by atoms with E-state index in [4.69, 9.17) is 19.4 Å². The van der Waals surface area contributed by atoms with Gasteiger partial charge < -0.3 is 24.8 Å². The van der Waals surface area contributed by atoms with E-state index in [1.54, 1.807) is 0 Å². The number of amides is 1. The molecule has 38 heavy (non-hydrogen) atoms. The number of aliphatic hydroxyl groups is 1. The zero-order valence-corrected chi connectivity index (χ0v) is 23.1. The summed E-state index contributed by atoms with van der Waals surface area (Å²) >= 11 is 0. The van der Waals surface area contributed by atoms with Crippen LogP contribution in [0.15, 0.2) is 18.2 Å². The van der Waals surface area contributed by atoms with Crippen molar-refractivity contribution in [3.63, 3.8) is 0 Å². The van der Waals surface area contributed by atoms with Crippen LogP contribution in [-0.2, 0) is 16.1 Å². The molecule has 2 aromatic heterocycles. The molecule has 1 aromatic carbocycles. The number of aryl methyl sites for hydroxylation is 2. The van der Waals surface area contributed by atoms with Gasteiger partial charge in [-0.1, -0.05) is 12.1 Å². The molecule has 2 saturated heterocycles. The van der Waals surface area contributed by atoms with Crippen LogP contribution in [0.4, 0.5) is 10.6 Å². The number of carbonyl (C=O) groups is 1. The van der Waals surface area contributed by atoms with E-state index in [-0.39, 0.29) is 24.2 Å². The highest BCUT2D eigenvalue weighted by Gasteiger charge is 2.50. The van der Waals surface area contributed by atoms with Crippen LogP contribution in [0.2, 0.25) is 0 Å². The molecular formula is C28H38N6O4. The Hall–Kier alpha value is -3.24. The first-order chi connectivity index (χ1) is 18.0. The molecule has 3 aromatic rings. The van der Waals surface area contributed by atoms with Gasteiger partial charge in [-0.25, -0.2) is 14.8 Å². The minimum Gasteiger partial charge on any atom is -0.444 e. The number of rotatable bonds is 4. The number of fused-ring (bicyclic) bond motifs is 1. The number of nitrogens with one attached hydrogen (secondary N) is 2. The summed E-state index contributed by atoms with van der Waals surface area (Å²) in [6.07, 6.45) is 1.13. The predicted molar refractivity (Wildman–Crippen MR) is 145 cm³/mol. The molecule has 2 aliphatic heterocycles. The van der Waals surface area contributed by atoms with Crippen LogP contribution in [-0.4, -0.2) is 68.8 Å². The summed E-state index contributed by atoms with van der Waals surface area (Å²) in [5.74, 6) is 0.714.